The fourth-order valence-corrected chi connectivity index (χ4v) is 10.8. The van der Waals surface area contributed by atoms with E-state index in [1.165, 1.54) is 14.2 Å². The number of carbonyl (C=O) groups excluding carboxylic acids is 1. The van der Waals surface area contributed by atoms with E-state index >= 15 is 0 Å². The molecule has 0 aromatic heterocycles. The van der Waals surface area contributed by atoms with E-state index in [4.69, 9.17) is 52.1 Å². The molecule has 21 atom stereocenters. The van der Waals surface area contributed by atoms with Gasteiger partial charge in [0.05, 0.1) is 43.2 Å². The van der Waals surface area contributed by atoms with Crippen molar-refractivity contribution < 1.29 is 72.2 Å². The van der Waals surface area contributed by atoms with E-state index in [0.717, 1.165) is 12.0 Å². The Bertz CT molecular complexity index is 1780. The van der Waals surface area contributed by atoms with Crippen molar-refractivity contribution in [3.63, 3.8) is 0 Å². The highest BCUT2D eigenvalue weighted by atomic mass is 16.7. The number of fused-ring (bicyclic) bond motifs is 2. The lowest BCUT2D eigenvalue weighted by atomic mass is 9.71. The summed E-state index contributed by atoms with van der Waals surface area (Å²) in [6.45, 7) is 16.0. The summed E-state index contributed by atoms with van der Waals surface area (Å²) in [6, 6.07) is 0. The van der Waals surface area contributed by atoms with Gasteiger partial charge in [-0.3, -0.25) is 4.79 Å². The molecule has 64 heavy (non-hydrogen) atoms. The number of aliphatic hydroxyl groups is 3. The fraction of sp³-hybridized carbons (Fsp3) is 0.776. The van der Waals surface area contributed by atoms with Crippen LogP contribution in [0, 0.1) is 23.7 Å². The SMILES string of the molecule is CC[C@H](C)C1O[C@]2(C=C[C@@H]1C)C[C@@H]1C[C@@H](C/C=C(\C)[C@@H](O[C@H]3C[C@H](OC)[C@@H](O[C@H]4O[C@@H](C)[C@H](O)[C@H](OC)[C@H]4OC)[C@H](C)O3)[C@@H](C)/C=C/C=C3\CO[C@@H]4[C@H](O)C(C)=C[C@@H](C(=O)O1)[C@]34O)O2. The Morgan fingerprint density at radius 2 is 1.62 bits per heavy atom. The number of hydrogen-bond donors (Lipinski definition) is 3. The van der Waals surface area contributed by atoms with Crippen LogP contribution in [0.2, 0.25) is 0 Å². The average molecular weight is 903 g/mol. The van der Waals surface area contributed by atoms with Crippen LogP contribution in [0.3, 0.4) is 0 Å². The number of carbonyl (C=O) groups is 1. The zero-order chi connectivity index (χ0) is 46.2. The number of rotatable bonds is 9. The van der Waals surface area contributed by atoms with E-state index in [2.05, 4.69) is 39.8 Å². The number of allylic oxidation sites excluding steroid dienone is 2. The Labute approximate surface area is 379 Å². The summed E-state index contributed by atoms with van der Waals surface area (Å²) in [5.41, 5.74) is 0.0932. The second-order valence-corrected chi connectivity index (χ2v) is 19.3. The van der Waals surface area contributed by atoms with Gasteiger partial charge in [0.2, 0.25) is 0 Å². The number of ether oxygens (including phenoxy) is 11. The molecule has 6 heterocycles. The third-order valence-corrected chi connectivity index (χ3v) is 14.8. The first-order chi connectivity index (χ1) is 30.5. The molecule has 7 rings (SSSR count). The molecule has 0 aromatic rings. The topological polar surface area (TPSA) is 179 Å². The van der Waals surface area contributed by atoms with Gasteiger partial charge in [0.1, 0.15) is 54.2 Å². The normalized spacial score (nSPS) is 49.2. The molecule has 15 heteroatoms. The van der Waals surface area contributed by atoms with E-state index in [1.807, 2.05) is 32.1 Å². The summed E-state index contributed by atoms with van der Waals surface area (Å²) in [7, 11) is 4.68. The molecular formula is C49H74O15. The molecule has 1 unspecified atom stereocenters. The first kappa shape index (κ1) is 49.6. The van der Waals surface area contributed by atoms with Gasteiger partial charge >= 0.3 is 5.97 Å². The van der Waals surface area contributed by atoms with Gasteiger partial charge in [-0.05, 0) is 62.8 Å². The molecule has 4 fully saturated rings. The Morgan fingerprint density at radius 1 is 0.875 bits per heavy atom. The molecule has 15 nitrogen and oxygen atoms in total. The number of methoxy groups -OCH3 is 3. The first-order valence-electron chi connectivity index (χ1n) is 23.4. The first-order valence-corrected chi connectivity index (χ1v) is 23.4. The highest BCUT2D eigenvalue weighted by molar-refractivity contribution is 5.78. The third kappa shape index (κ3) is 9.81. The summed E-state index contributed by atoms with van der Waals surface area (Å²) >= 11 is 0. The van der Waals surface area contributed by atoms with Crippen LogP contribution in [0.25, 0.3) is 0 Å². The summed E-state index contributed by atoms with van der Waals surface area (Å²) < 4.78 is 69.7. The summed E-state index contributed by atoms with van der Waals surface area (Å²) in [5, 5.41) is 34.5. The number of hydrogen-bond acceptors (Lipinski definition) is 15. The smallest absolute Gasteiger partial charge is 0.316 e. The van der Waals surface area contributed by atoms with E-state index in [1.54, 1.807) is 33.1 Å². The zero-order valence-electron chi connectivity index (χ0n) is 39.5. The average Bonchev–Trinajstić information content (AvgIpc) is 3.61. The molecule has 360 valence electrons. The molecule has 6 aliphatic heterocycles. The predicted molar refractivity (Wildman–Crippen MR) is 233 cm³/mol. The summed E-state index contributed by atoms with van der Waals surface area (Å²) in [6.07, 6.45) is 6.30. The van der Waals surface area contributed by atoms with Crippen LogP contribution in [0.15, 0.2) is 59.3 Å². The highest BCUT2D eigenvalue weighted by Gasteiger charge is 2.60. The van der Waals surface area contributed by atoms with Crippen molar-refractivity contribution in [2.45, 2.75) is 191 Å². The summed E-state index contributed by atoms with van der Waals surface area (Å²) in [5.74, 6) is -2.62. The third-order valence-electron chi connectivity index (χ3n) is 14.8. The molecular weight excluding hydrogens is 829 g/mol. The van der Waals surface area contributed by atoms with Crippen molar-refractivity contribution in [2.75, 3.05) is 27.9 Å². The Morgan fingerprint density at radius 3 is 2.33 bits per heavy atom. The van der Waals surface area contributed by atoms with Gasteiger partial charge in [-0.1, -0.05) is 70.6 Å². The van der Waals surface area contributed by atoms with Crippen molar-refractivity contribution in [3.8, 4) is 0 Å². The standard InChI is InChI=1S/C49H74O15/c1-12-25(2)41-28(5)18-19-48(64-41)23-34-21-33(63-48)17-16-27(4)40(26(3)14-13-15-32-24-57-45-38(50)29(6)20-35(46(52)60-34)49(32,45)53)61-37-22-36(54-9)42(31(8)58-37)62-47-44(56-11)43(55-10)39(51)30(7)59-47/h13-16,18-20,25-26,28,30-31,33-45,47,50-51,53H,12,17,21-24H2,1-11H3/b14-13+,27-16+,32-15+/t25-,26-,28-,30-,31-,33+,34-,35-,36-,37-,38+,39-,40-,41?,42-,43-,44+,45+,47+,48+,49+/m0/s1. The maximum absolute atomic E-state index is 14.4. The van der Waals surface area contributed by atoms with Gasteiger partial charge in [-0.2, -0.15) is 0 Å². The van der Waals surface area contributed by atoms with Gasteiger partial charge in [-0.15, -0.1) is 0 Å². The lowest BCUT2D eigenvalue weighted by Gasteiger charge is -2.48. The van der Waals surface area contributed by atoms with Crippen molar-refractivity contribution in [2.24, 2.45) is 23.7 Å². The molecule has 3 N–H and O–H groups in total. The van der Waals surface area contributed by atoms with Crippen LogP contribution in [-0.2, 0) is 56.9 Å². The van der Waals surface area contributed by atoms with Crippen molar-refractivity contribution in [3.05, 3.63) is 59.3 Å². The summed E-state index contributed by atoms with van der Waals surface area (Å²) in [4.78, 5) is 14.4. The minimum Gasteiger partial charge on any atom is -0.462 e. The van der Waals surface area contributed by atoms with Crippen LogP contribution in [0.4, 0.5) is 0 Å². The number of aliphatic hydroxyl groups excluding tert-OH is 2. The Balaban J connectivity index is 1.19. The molecule has 4 saturated heterocycles. The van der Waals surface area contributed by atoms with Crippen LogP contribution >= 0.6 is 0 Å². The van der Waals surface area contributed by atoms with E-state index in [0.29, 0.717) is 30.4 Å². The van der Waals surface area contributed by atoms with Crippen LogP contribution in [0.1, 0.15) is 87.5 Å². The molecule has 1 spiro atoms. The molecule has 2 bridgehead atoms. The van der Waals surface area contributed by atoms with E-state index < -0.39 is 109 Å². The molecule has 0 amide bonds. The van der Waals surface area contributed by atoms with Crippen molar-refractivity contribution in [1.82, 2.24) is 0 Å². The van der Waals surface area contributed by atoms with Crippen molar-refractivity contribution in [1.29, 1.82) is 0 Å². The Hall–Kier alpha value is -2.35. The van der Waals surface area contributed by atoms with E-state index in [9.17, 15) is 20.1 Å². The van der Waals surface area contributed by atoms with Gasteiger partial charge in [0.25, 0.3) is 0 Å². The monoisotopic (exact) mass is 903 g/mol. The Kier molecular flexibility index (Phi) is 15.9. The quantitative estimate of drug-likeness (QED) is 0.208. The largest absolute Gasteiger partial charge is 0.462 e. The lowest BCUT2D eigenvalue weighted by Crippen LogP contribution is -2.61. The van der Waals surface area contributed by atoms with Gasteiger partial charge < -0.3 is 67.4 Å². The second-order valence-electron chi connectivity index (χ2n) is 19.3. The molecule has 0 saturated carbocycles. The van der Waals surface area contributed by atoms with Crippen LogP contribution in [0.5, 0.6) is 0 Å². The van der Waals surface area contributed by atoms with Crippen LogP contribution in [-0.4, -0.2) is 153 Å². The number of esters is 1. The second kappa shape index (κ2) is 20.5. The van der Waals surface area contributed by atoms with Crippen LogP contribution < -0.4 is 0 Å². The fourth-order valence-electron chi connectivity index (χ4n) is 10.8. The maximum Gasteiger partial charge on any atom is 0.316 e. The van der Waals surface area contributed by atoms with Gasteiger partial charge in [-0.25, -0.2) is 0 Å². The molecule has 1 aliphatic carbocycles. The van der Waals surface area contributed by atoms with Gasteiger partial charge in [0.15, 0.2) is 18.4 Å². The lowest BCUT2D eigenvalue weighted by molar-refractivity contribution is -0.344. The van der Waals surface area contributed by atoms with Crippen molar-refractivity contribution >= 4 is 5.97 Å². The predicted octanol–water partition coefficient (Wildman–Crippen LogP) is 5.00. The van der Waals surface area contributed by atoms with Gasteiger partial charge in [0, 0.05) is 52.4 Å². The highest BCUT2D eigenvalue weighted by Crippen LogP contribution is 2.47. The minimum atomic E-state index is -1.85. The molecule has 7 aliphatic rings. The van der Waals surface area contributed by atoms with E-state index in [-0.39, 0.29) is 36.9 Å². The minimum absolute atomic E-state index is 0.0229. The molecule has 0 radical (unpaired) electrons. The zero-order valence-corrected chi connectivity index (χ0v) is 39.5. The molecule has 0 aromatic carbocycles. The maximum atomic E-state index is 14.4.